The summed E-state index contributed by atoms with van der Waals surface area (Å²) in [4.78, 5) is 18.4. The predicted molar refractivity (Wildman–Crippen MR) is 95.1 cm³/mol. The van der Waals surface area contributed by atoms with E-state index in [-0.39, 0.29) is 6.03 Å². The second-order valence-corrected chi connectivity index (χ2v) is 6.13. The molecule has 128 valence electrons. The molecule has 2 aromatic rings. The molecule has 0 radical (unpaired) electrons. The van der Waals surface area contributed by atoms with Crippen LogP contribution in [0.25, 0.3) is 10.9 Å². The lowest BCUT2D eigenvalue weighted by Crippen LogP contribution is -2.30. The first-order valence-electron chi connectivity index (χ1n) is 8.57. The molecule has 1 aromatic heterocycles. The molecule has 2 heterocycles. The lowest BCUT2D eigenvalue weighted by molar-refractivity contribution is 0.252. The maximum absolute atomic E-state index is 14.4. The van der Waals surface area contributed by atoms with Gasteiger partial charge in [0.15, 0.2) is 5.82 Å². The van der Waals surface area contributed by atoms with Gasteiger partial charge in [-0.2, -0.15) is 0 Å². The number of piperidine rings is 1. The summed E-state index contributed by atoms with van der Waals surface area (Å²) < 4.78 is 14.4. The van der Waals surface area contributed by atoms with Crippen molar-refractivity contribution in [3.63, 3.8) is 0 Å². The zero-order valence-electron chi connectivity index (χ0n) is 13.9. The van der Waals surface area contributed by atoms with E-state index in [1.807, 2.05) is 19.1 Å². The van der Waals surface area contributed by atoms with Gasteiger partial charge in [-0.3, -0.25) is 0 Å². The number of hydrogen-bond acceptors (Lipinski definition) is 3. The summed E-state index contributed by atoms with van der Waals surface area (Å²) in [6.45, 7) is 4.50. The number of halogens is 1. The number of rotatable bonds is 4. The van der Waals surface area contributed by atoms with Gasteiger partial charge in [0.25, 0.3) is 0 Å². The second kappa shape index (κ2) is 7.47. The van der Waals surface area contributed by atoms with Crippen LogP contribution < -0.4 is 15.5 Å². The van der Waals surface area contributed by atoms with Crippen molar-refractivity contribution < 1.29 is 9.18 Å². The lowest BCUT2D eigenvalue weighted by Gasteiger charge is -2.27. The minimum absolute atomic E-state index is 0.325. The van der Waals surface area contributed by atoms with Gasteiger partial charge in [0.1, 0.15) is 11.3 Å². The Morgan fingerprint density at radius 1 is 1.25 bits per heavy atom. The third-order valence-corrected chi connectivity index (χ3v) is 4.20. The fraction of sp³-hybridized carbons (Fsp3) is 0.444. The average molecular weight is 330 g/mol. The second-order valence-electron chi connectivity index (χ2n) is 6.13. The summed E-state index contributed by atoms with van der Waals surface area (Å²) in [7, 11) is 0. The van der Waals surface area contributed by atoms with E-state index in [9.17, 15) is 9.18 Å². The number of hydrogen-bond donors (Lipinski definition) is 2. The zero-order valence-corrected chi connectivity index (χ0v) is 13.9. The number of pyridine rings is 1. The van der Waals surface area contributed by atoms with Crippen LogP contribution in [0.2, 0.25) is 0 Å². The largest absolute Gasteiger partial charge is 0.357 e. The first-order valence-corrected chi connectivity index (χ1v) is 8.57. The van der Waals surface area contributed by atoms with Gasteiger partial charge in [0, 0.05) is 30.7 Å². The van der Waals surface area contributed by atoms with Crippen molar-refractivity contribution in [1.82, 2.24) is 10.3 Å². The lowest BCUT2D eigenvalue weighted by atomic mass is 10.1. The fourth-order valence-corrected chi connectivity index (χ4v) is 2.97. The Balaban J connectivity index is 1.82. The van der Waals surface area contributed by atoms with Crippen LogP contribution in [-0.2, 0) is 0 Å². The Kier molecular flexibility index (Phi) is 5.13. The highest BCUT2D eigenvalue weighted by atomic mass is 19.1. The van der Waals surface area contributed by atoms with Crippen LogP contribution in [0.3, 0.4) is 0 Å². The summed E-state index contributed by atoms with van der Waals surface area (Å²) in [6, 6.07) is 6.53. The number of anilines is 2. The number of fused-ring (bicyclic) bond motifs is 1. The van der Waals surface area contributed by atoms with Crippen LogP contribution in [-0.4, -0.2) is 30.6 Å². The van der Waals surface area contributed by atoms with E-state index in [1.54, 1.807) is 6.07 Å². The molecule has 2 amide bonds. The number of nitrogens with one attached hydrogen (secondary N) is 2. The van der Waals surface area contributed by atoms with E-state index in [4.69, 9.17) is 0 Å². The highest BCUT2D eigenvalue weighted by Gasteiger charge is 2.14. The molecule has 5 nitrogen and oxygen atoms in total. The van der Waals surface area contributed by atoms with Gasteiger partial charge in [0.2, 0.25) is 0 Å². The van der Waals surface area contributed by atoms with Gasteiger partial charge in [-0.25, -0.2) is 14.2 Å². The molecule has 1 aromatic carbocycles. The highest BCUT2D eigenvalue weighted by Crippen LogP contribution is 2.25. The third kappa shape index (κ3) is 3.75. The van der Waals surface area contributed by atoms with Crippen LogP contribution in [0.15, 0.2) is 24.3 Å². The molecule has 24 heavy (non-hydrogen) atoms. The van der Waals surface area contributed by atoms with Crippen molar-refractivity contribution in [2.45, 2.75) is 32.6 Å². The van der Waals surface area contributed by atoms with Crippen molar-refractivity contribution in [3.05, 3.63) is 30.1 Å². The molecular formula is C18H23FN4O. The molecule has 6 heteroatoms. The molecule has 1 aliphatic heterocycles. The van der Waals surface area contributed by atoms with Crippen LogP contribution in [0.5, 0.6) is 0 Å². The number of amides is 2. The van der Waals surface area contributed by atoms with Crippen LogP contribution in [0.4, 0.5) is 20.7 Å². The Labute approximate surface area is 141 Å². The number of urea groups is 1. The van der Waals surface area contributed by atoms with Gasteiger partial charge in [-0.15, -0.1) is 0 Å². The van der Waals surface area contributed by atoms with E-state index >= 15 is 0 Å². The highest BCUT2D eigenvalue weighted by molar-refractivity contribution is 5.93. The summed E-state index contributed by atoms with van der Waals surface area (Å²) in [5.41, 5.74) is 0.777. The number of carbonyl (C=O) groups is 1. The summed E-state index contributed by atoms with van der Waals surface area (Å²) >= 11 is 0. The summed E-state index contributed by atoms with van der Waals surface area (Å²) in [5, 5.41) is 6.05. The van der Waals surface area contributed by atoms with Crippen molar-refractivity contribution in [2.75, 3.05) is 29.9 Å². The quantitative estimate of drug-likeness (QED) is 0.894. The standard InChI is InChI=1S/C18H23FN4O/c1-2-8-20-18(24)21-14-11-13-6-7-16(22-17(13)15(19)12-14)23-9-4-3-5-10-23/h6-7,11-12H,2-5,8-10H2,1H3,(H2,20,21,24). The molecule has 0 atom stereocenters. The molecule has 0 bridgehead atoms. The Morgan fingerprint density at radius 2 is 2.04 bits per heavy atom. The van der Waals surface area contributed by atoms with Crippen molar-refractivity contribution >= 4 is 28.4 Å². The van der Waals surface area contributed by atoms with Gasteiger partial charge >= 0.3 is 6.03 Å². The normalized spacial score (nSPS) is 14.7. The minimum Gasteiger partial charge on any atom is -0.357 e. The number of benzene rings is 1. The molecule has 0 unspecified atom stereocenters. The summed E-state index contributed by atoms with van der Waals surface area (Å²) in [5.74, 6) is 0.402. The molecule has 2 N–H and O–H groups in total. The molecule has 0 aliphatic carbocycles. The molecule has 1 fully saturated rings. The van der Waals surface area contributed by atoms with Crippen LogP contribution in [0, 0.1) is 5.82 Å². The average Bonchev–Trinajstić information content (AvgIpc) is 2.60. The number of nitrogens with zero attached hydrogens (tertiary/aromatic N) is 2. The Morgan fingerprint density at radius 3 is 2.79 bits per heavy atom. The zero-order chi connectivity index (χ0) is 16.9. The molecule has 1 aliphatic rings. The smallest absolute Gasteiger partial charge is 0.319 e. The first kappa shape index (κ1) is 16.5. The van der Waals surface area contributed by atoms with E-state index in [2.05, 4.69) is 20.5 Å². The first-order chi connectivity index (χ1) is 11.7. The fourth-order valence-electron chi connectivity index (χ4n) is 2.97. The van der Waals surface area contributed by atoms with Crippen molar-refractivity contribution in [1.29, 1.82) is 0 Å². The van der Waals surface area contributed by atoms with E-state index in [1.165, 1.54) is 12.5 Å². The molecule has 0 spiro atoms. The molecule has 1 saturated heterocycles. The van der Waals surface area contributed by atoms with Gasteiger partial charge < -0.3 is 15.5 Å². The molecule has 0 saturated carbocycles. The minimum atomic E-state index is -0.419. The summed E-state index contributed by atoms with van der Waals surface area (Å²) in [6.07, 6.45) is 4.39. The number of aromatic nitrogens is 1. The van der Waals surface area contributed by atoms with Gasteiger partial charge in [-0.05, 0) is 49.9 Å². The van der Waals surface area contributed by atoms with E-state index in [0.29, 0.717) is 23.1 Å². The van der Waals surface area contributed by atoms with Gasteiger partial charge in [0.05, 0.1) is 0 Å². The predicted octanol–water partition coefficient (Wildman–Crippen LogP) is 3.90. The SMILES string of the molecule is CCCNC(=O)Nc1cc(F)c2nc(N3CCCCC3)ccc2c1. The molecular weight excluding hydrogens is 307 g/mol. The van der Waals surface area contributed by atoms with Crippen molar-refractivity contribution in [2.24, 2.45) is 0 Å². The maximum atomic E-state index is 14.4. The van der Waals surface area contributed by atoms with Crippen molar-refractivity contribution in [3.8, 4) is 0 Å². The third-order valence-electron chi connectivity index (χ3n) is 4.20. The van der Waals surface area contributed by atoms with E-state index in [0.717, 1.165) is 38.2 Å². The van der Waals surface area contributed by atoms with E-state index < -0.39 is 5.82 Å². The number of carbonyl (C=O) groups excluding carboxylic acids is 1. The Bertz CT molecular complexity index is 728. The van der Waals surface area contributed by atoms with Crippen LogP contribution >= 0.6 is 0 Å². The maximum Gasteiger partial charge on any atom is 0.319 e. The monoisotopic (exact) mass is 330 g/mol. The van der Waals surface area contributed by atoms with Crippen LogP contribution in [0.1, 0.15) is 32.6 Å². The Hall–Kier alpha value is -2.37. The van der Waals surface area contributed by atoms with Gasteiger partial charge in [-0.1, -0.05) is 6.92 Å². The topological polar surface area (TPSA) is 57.3 Å². The molecule has 3 rings (SSSR count).